The van der Waals surface area contributed by atoms with Crippen LogP contribution < -0.4 is 10.9 Å². The Labute approximate surface area is 189 Å². The molecule has 3 aromatic rings. The molecule has 1 unspecified atom stereocenters. The molecule has 0 radical (unpaired) electrons. The number of hydrogen-bond acceptors (Lipinski definition) is 6. The van der Waals surface area contributed by atoms with Gasteiger partial charge in [-0.15, -0.1) is 11.3 Å². The fraction of sp³-hybridized carbons (Fsp3) is 0.391. The zero-order chi connectivity index (χ0) is 22.0. The molecule has 0 fully saturated rings. The van der Waals surface area contributed by atoms with Gasteiger partial charge >= 0.3 is 0 Å². The number of thioether (sulfide) groups is 1. The topological polar surface area (TPSA) is 87.8 Å². The summed E-state index contributed by atoms with van der Waals surface area (Å²) in [5, 5.41) is 14.4. The summed E-state index contributed by atoms with van der Waals surface area (Å²) in [5.74, 6) is 0.991. The summed E-state index contributed by atoms with van der Waals surface area (Å²) in [7, 11) is 0. The van der Waals surface area contributed by atoms with E-state index in [1.165, 1.54) is 28.0 Å². The van der Waals surface area contributed by atoms with E-state index in [0.717, 1.165) is 24.8 Å². The van der Waals surface area contributed by atoms with E-state index in [2.05, 4.69) is 23.3 Å². The third-order valence-corrected chi connectivity index (χ3v) is 7.73. The third kappa shape index (κ3) is 4.39. The first-order valence-electron chi connectivity index (χ1n) is 10.5. The molecule has 0 saturated carbocycles. The maximum atomic E-state index is 12.7. The Morgan fingerprint density at radius 1 is 1.42 bits per heavy atom. The Bertz CT molecular complexity index is 1240. The lowest BCUT2D eigenvalue weighted by atomic mass is 9.89. The predicted molar refractivity (Wildman–Crippen MR) is 126 cm³/mol. The predicted octanol–water partition coefficient (Wildman–Crippen LogP) is 4.60. The molecule has 0 saturated heterocycles. The van der Waals surface area contributed by atoms with Crippen LogP contribution in [0, 0.1) is 17.2 Å². The summed E-state index contributed by atoms with van der Waals surface area (Å²) in [5.41, 5.74) is 2.35. The van der Waals surface area contributed by atoms with Crippen molar-refractivity contribution in [2.75, 3.05) is 11.1 Å². The van der Waals surface area contributed by atoms with Gasteiger partial charge in [-0.25, -0.2) is 4.98 Å². The van der Waals surface area contributed by atoms with Gasteiger partial charge in [0.15, 0.2) is 5.16 Å². The van der Waals surface area contributed by atoms with Crippen LogP contribution in [0.3, 0.4) is 0 Å². The van der Waals surface area contributed by atoms with Crippen LogP contribution in [0.25, 0.3) is 10.9 Å². The van der Waals surface area contributed by atoms with E-state index in [1.807, 2.05) is 25.1 Å². The number of carbonyl (C=O) groups is 1. The van der Waals surface area contributed by atoms with Crippen LogP contribution in [0.15, 0.2) is 34.2 Å². The lowest BCUT2D eigenvalue weighted by Gasteiger charge is -2.17. The van der Waals surface area contributed by atoms with Crippen molar-refractivity contribution in [2.24, 2.45) is 5.92 Å². The number of nitrogens with zero attached hydrogens (tertiary/aromatic N) is 3. The summed E-state index contributed by atoms with van der Waals surface area (Å²) < 4.78 is 1.65. The summed E-state index contributed by atoms with van der Waals surface area (Å²) in [6.07, 6.45) is 3.24. The number of carbonyl (C=O) groups excluding carboxylic acids is 1. The molecule has 1 aliphatic rings. The van der Waals surface area contributed by atoms with E-state index in [-0.39, 0.29) is 17.9 Å². The van der Waals surface area contributed by atoms with Crippen LogP contribution in [-0.2, 0) is 24.2 Å². The van der Waals surface area contributed by atoms with Crippen LogP contribution in [-0.4, -0.2) is 21.2 Å². The van der Waals surface area contributed by atoms with Gasteiger partial charge in [0.1, 0.15) is 11.1 Å². The van der Waals surface area contributed by atoms with E-state index < -0.39 is 0 Å². The Hall–Kier alpha value is -2.63. The fourth-order valence-corrected chi connectivity index (χ4v) is 6.30. The van der Waals surface area contributed by atoms with Gasteiger partial charge in [0.25, 0.3) is 5.56 Å². The highest BCUT2D eigenvalue weighted by atomic mass is 32.2. The van der Waals surface area contributed by atoms with Crippen molar-refractivity contribution in [3.63, 3.8) is 0 Å². The van der Waals surface area contributed by atoms with Crippen molar-refractivity contribution in [2.45, 2.75) is 51.2 Å². The monoisotopic (exact) mass is 452 g/mol. The molecule has 160 valence electrons. The minimum atomic E-state index is -0.123. The largest absolute Gasteiger partial charge is 0.317 e. The van der Waals surface area contributed by atoms with E-state index in [1.54, 1.807) is 10.6 Å². The number of nitriles is 1. The molecule has 31 heavy (non-hydrogen) atoms. The van der Waals surface area contributed by atoms with Gasteiger partial charge in [-0.3, -0.25) is 14.2 Å². The van der Waals surface area contributed by atoms with Crippen LogP contribution in [0.4, 0.5) is 5.00 Å². The average Bonchev–Trinajstić information content (AvgIpc) is 3.09. The van der Waals surface area contributed by atoms with Crippen molar-refractivity contribution >= 4 is 44.9 Å². The first-order valence-corrected chi connectivity index (χ1v) is 12.3. The standard InChI is InChI=1S/C23H24N4O2S2/c1-3-27-22(29)16-6-4-5-7-18(16)25-23(27)30-11-10-20(28)26-21-17(13-24)15-9-8-14(2)12-19(15)31-21/h4-7,14H,3,8-12H2,1-2H3,(H,26,28). The van der Waals surface area contributed by atoms with Gasteiger partial charge in [-0.1, -0.05) is 30.8 Å². The number of nitrogens with one attached hydrogen (secondary N) is 1. The van der Waals surface area contributed by atoms with Gasteiger partial charge in [0.05, 0.1) is 16.5 Å². The lowest BCUT2D eigenvalue weighted by Crippen LogP contribution is -2.22. The van der Waals surface area contributed by atoms with Gasteiger partial charge in [0, 0.05) is 23.6 Å². The highest BCUT2D eigenvalue weighted by Crippen LogP contribution is 2.39. The number of anilines is 1. The SMILES string of the molecule is CCn1c(SCCC(=O)Nc2sc3c(c2C#N)CCC(C)C3)nc2ccccc2c1=O. The second kappa shape index (κ2) is 9.25. The van der Waals surface area contributed by atoms with Crippen LogP contribution in [0.5, 0.6) is 0 Å². The lowest BCUT2D eigenvalue weighted by molar-refractivity contribution is -0.115. The van der Waals surface area contributed by atoms with Crippen molar-refractivity contribution in [1.82, 2.24) is 9.55 Å². The molecule has 0 aliphatic heterocycles. The summed E-state index contributed by atoms with van der Waals surface area (Å²) >= 11 is 2.95. The van der Waals surface area contributed by atoms with E-state index in [4.69, 9.17) is 0 Å². The quantitative estimate of drug-likeness (QED) is 0.436. The number of aromatic nitrogens is 2. The second-order valence-electron chi connectivity index (χ2n) is 7.78. The molecule has 1 atom stereocenters. The molecule has 1 amide bonds. The summed E-state index contributed by atoms with van der Waals surface area (Å²) in [4.78, 5) is 31.1. The van der Waals surface area contributed by atoms with Gasteiger partial charge in [0.2, 0.25) is 5.91 Å². The van der Waals surface area contributed by atoms with Crippen molar-refractivity contribution in [1.29, 1.82) is 5.26 Å². The molecule has 1 aliphatic carbocycles. The normalized spacial score (nSPS) is 15.5. The number of fused-ring (bicyclic) bond motifs is 2. The Morgan fingerprint density at radius 2 is 2.23 bits per heavy atom. The number of para-hydroxylation sites is 1. The smallest absolute Gasteiger partial charge is 0.262 e. The number of thiophene rings is 1. The molecule has 2 aromatic heterocycles. The van der Waals surface area contributed by atoms with E-state index in [9.17, 15) is 14.9 Å². The number of amides is 1. The number of rotatable bonds is 6. The van der Waals surface area contributed by atoms with Crippen LogP contribution >= 0.6 is 23.1 Å². The molecule has 0 bridgehead atoms. The third-order valence-electron chi connectivity index (χ3n) is 5.58. The Kier molecular flexibility index (Phi) is 6.44. The molecular formula is C23H24N4O2S2. The molecule has 4 rings (SSSR count). The maximum absolute atomic E-state index is 12.7. The number of benzene rings is 1. The minimum absolute atomic E-state index is 0.0582. The minimum Gasteiger partial charge on any atom is -0.317 e. The highest BCUT2D eigenvalue weighted by Gasteiger charge is 2.24. The van der Waals surface area contributed by atoms with Gasteiger partial charge < -0.3 is 5.32 Å². The van der Waals surface area contributed by atoms with E-state index in [0.29, 0.717) is 44.8 Å². The summed E-state index contributed by atoms with van der Waals surface area (Å²) in [6, 6.07) is 9.60. The summed E-state index contributed by atoms with van der Waals surface area (Å²) in [6.45, 7) is 4.66. The zero-order valence-electron chi connectivity index (χ0n) is 17.6. The molecule has 6 nitrogen and oxygen atoms in total. The molecular weight excluding hydrogens is 428 g/mol. The van der Waals surface area contributed by atoms with Crippen molar-refractivity contribution in [3.05, 3.63) is 50.6 Å². The first kappa shape index (κ1) is 21.6. The van der Waals surface area contributed by atoms with Crippen molar-refractivity contribution < 1.29 is 4.79 Å². The van der Waals surface area contributed by atoms with Gasteiger partial charge in [-0.05, 0) is 49.8 Å². The molecule has 0 spiro atoms. The average molecular weight is 453 g/mol. The fourth-order valence-electron chi connectivity index (χ4n) is 3.92. The highest BCUT2D eigenvalue weighted by molar-refractivity contribution is 7.99. The van der Waals surface area contributed by atoms with Crippen LogP contribution in [0.1, 0.15) is 42.7 Å². The van der Waals surface area contributed by atoms with Crippen LogP contribution in [0.2, 0.25) is 0 Å². The maximum Gasteiger partial charge on any atom is 0.262 e. The second-order valence-corrected chi connectivity index (χ2v) is 9.94. The molecule has 2 heterocycles. The molecule has 1 aromatic carbocycles. The van der Waals surface area contributed by atoms with Gasteiger partial charge in [-0.2, -0.15) is 5.26 Å². The van der Waals surface area contributed by atoms with Crippen molar-refractivity contribution in [3.8, 4) is 6.07 Å². The molecule has 1 N–H and O–H groups in total. The number of hydrogen-bond donors (Lipinski definition) is 1. The van der Waals surface area contributed by atoms with E-state index >= 15 is 0 Å². The Morgan fingerprint density at radius 3 is 3.00 bits per heavy atom. The molecule has 8 heteroatoms. The Balaban J connectivity index is 1.44. The zero-order valence-corrected chi connectivity index (χ0v) is 19.2. The first-order chi connectivity index (χ1) is 15.0.